The topological polar surface area (TPSA) is 44.1 Å². The van der Waals surface area contributed by atoms with Gasteiger partial charge in [0.1, 0.15) is 12.4 Å². The van der Waals surface area contributed by atoms with Crippen LogP contribution in [0.15, 0.2) is 6.07 Å². The molecule has 1 rings (SSSR count). The number of carbonyl (C=O) groups is 1. The Bertz CT molecular complexity index is 323. The van der Waals surface area contributed by atoms with Crippen molar-refractivity contribution >= 4 is 5.97 Å². The van der Waals surface area contributed by atoms with E-state index in [1.165, 1.54) is 4.68 Å². The molecule has 4 nitrogen and oxygen atoms in total. The molecular weight excluding hydrogens is 187 g/mol. The van der Waals surface area contributed by atoms with Crippen LogP contribution >= 0.6 is 0 Å². The van der Waals surface area contributed by atoms with Crippen molar-refractivity contribution in [1.82, 2.24) is 9.78 Å². The molecule has 0 amide bonds. The number of alkyl halides is 1. The van der Waals surface area contributed by atoms with E-state index in [1.54, 1.807) is 19.9 Å². The van der Waals surface area contributed by atoms with Gasteiger partial charge >= 0.3 is 5.97 Å². The third kappa shape index (κ3) is 2.31. The first-order chi connectivity index (χ1) is 6.69. The molecule has 0 unspecified atom stereocenters. The van der Waals surface area contributed by atoms with Crippen LogP contribution in [0.25, 0.3) is 0 Å². The van der Waals surface area contributed by atoms with Gasteiger partial charge in [0.15, 0.2) is 0 Å². The Morgan fingerprint density at radius 1 is 1.71 bits per heavy atom. The van der Waals surface area contributed by atoms with Gasteiger partial charge in [0.25, 0.3) is 0 Å². The highest BCUT2D eigenvalue weighted by Gasteiger charge is 2.14. The molecule has 1 aromatic rings. The fraction of sp³-hybridized carbons (Fsp3) is 0.556. The van der Waals surface area contributed by atoms with Crippen LogP contribution in [0, 0.1) is 6.92 Å². The van der Waals surface area contributed by atoms with E-state index in [1.807, 2.05) is 0 Å². The van der Waals surface area contributed by atoms with Gasteiger partial charge < -0.3 is 4.74 Å². The average Bonchev–Trinajstić information content (AvgIpc) is 2.48. The van der Waals surface area contributed by atoms with Crippen molar-refractivity contribution in [2.75, 3.05) is 13.3 Å². The first kappa shape index (κ1) is 10.7. The number of hydrogen-bond donors (Lipinski definition) is 0. The van der Waals surface area contributed by atoms with Crippen molar-refractivity contribution in [2.24, 2.45) is 0 Å². The Kier molecular flexibility index (Phi) is 3.62. The van der Waals surface area contributed by atoms with Crippen molar-refractivity contribution in [3.05, 3.63) is 17.5 Å². The standard InChI is InChI=1S/C9H13FN2O2/c1-3-14-9(13)8-6-7(2)11-12(8)5-4-10/h6H,3-5H2,1-2H3. The Morgan fingerprint density at radius 2 is 2.43 bits per heavy atom. The second-order valence-corrected chi connectivity index (χ2v) is 2.80. The van der Waals surface area contributed by atoms with Gasteiger partial charge in [-0.1, -0.05) is 0 Å². The van der Waals surface area contributed by atoms with Gasteiger partial charge in [-0.3, -0.25) is 4.68 Å². The number of aromatic nitrogens is 2. The number of hydrogen-bond acceptors (Lipinski definition) is 3. The zero-order chi connectivity index (χ0) is 10.6. The van der Waals surface area contributed by atoms with Crippen molar-refractivity contribution in [3.8, 4) is 0 Å². The van der Waals surface area contributed by atoms with Crippen molar-refractivity contribution in [1.29, 1.82) is 0 Å². The lowest BCUT2D eigenvalue weighted by Gasteiger charge is -2.03. The molecule has 0 radical (unpaired) electrons. The molecule has 0 atom stereocenters. The van der Waals surface area contributed by atoms with E-state index >= 15 is 0 Å². The summed E-state index contributed by atoms with van der Waals surface area (Å²) in [5.74, 6) is -0.457. The van der Waals surface area contributed by atoms with Crippen molar-refractivity contribution < 1.29 is 13.9 Å². The third-order valence-electron chi connectivity index (χ3n) is 1.68. The number of esters is 1. The highest BCUT2D eigenvalue weighted by atomic mass is 19.1. The summed E-state index contributed by atoms with van der Waals surface area (Å²) >= 11 is 0. The number of rotatable bonds is 4. The smallest absolute Gasteiger partial charge is 0.356 e. The summed E-state index contributed by atoms with van der Waals surface area (Å²) < 4.78 is 18.2. The second-order valence-electron chi connectivity index (χ2n) is 2.80. The van der Waals surface area contributed by atoms with Crippen LogP contribution in [-0.4, -0.2) is 29.0 Å². The molecular formula is C9H13FN2O2. The molecule has 1 aromatic heterocycles. The van der Waals surface area contributed by atoms with Crippen LogP contribution in [-0.2, 0) is 11.3 Å². The highest BCUT2D eigenvalue weighted by molar-refractivity contribution is 5.87. The van der Waals surface area contributed by atoms with Crippen LogP contribution in [0.2, 0.25) is 0 Å². The molecule has 0 aliphatic heterocycles. The normalized spacial score (nSPS) is 10.2. The largest absolute Gasteiger partial charge is 0.461 e. The van der Waals surface area contributed by atoms with Crippen LogP contribution in [0.4, 0.5) is 4.39 Å². The van der Waals surface area contributed by atoms with Crippen LogP contribution in [0.1, 0.15) is 23.1 Å². The van der Waals surface area contributed by atoms with Gasteiger partial charge in [0.2, 0.25) is 0 Å². The quantitative estimate of drug-likeness (QED) is 0.689. The lowest BCUT2D eigenvalue weighted by Crippen LogP contribution is -2.14. The van der Waals surface area contributed by atoms with E-state index in [4.69, 9.17) is 4.74 Å². The van der Waals surface area contributed by atoms with Gasteiger partial charge in [-0.15, -0.1) is 0 Å². The fourth-order valence-corrected chi connectivity index (χ4v) is 1.17. The number of ether oxygens (including phenoxy) is 1. The predicted octanol–water partition coefficient (Wildman–Crippen LogP) is 1.34. The van der Waals surface area contributed by atoms with Crippen molar-refractivity contribution in [2.45, 2.75) is 20.4 Å². The fourth-order valence-electron chi connectivity index (χ4n) is 1.17. The van der Waals surface area contributed by atoms with Gasteiger partial charge in [-0.2, -0.15) is 5.10 Å². The van der Waals surface area contributed by atoms with Gasteiger partial charge in [-0.25, -0.2) is 9.18 Å². The molecule has 0 bridgehead atoms. The maximum absolute atomic E-state index is 12.1. The summed E-state index contributed by atoms with van der Waals surface area (Å²) in [6, 6.07) is 1.59. The third-order valence-corrected chi connectivity index (χ3v) is 1.68. The second kappa shape index (κ2) is 4.74. The SMILES string of the molecule is CCOC(=O)c1cc(C)nn1CCF. The molecule has 5 heteroatoms. The molecule has 0 saturated heterocycles. The molecule has 0 saturated carbocycles. The number of aryl methyl sites for hydroxylation is 2. The number of halogens is 1. The lowest BCUT2D eigenvalue weighted by molar-refractivity contribution is 0.0511. The van der Waals surface area contributed by atoms with E-state index in [2.05, 4.69) is 5.10 Å². The molecule has 0 N–H and O–H groups in total. The first-order valence-electron chi connectivity index (χ1n) is 4.46. The maximum Gasteiger partial charge on any atom is 0.356 e. The van der Waals surface area contributed by atoms with Crippen molar-refractivity contribution in [3.63, 3.8) is 0 Å². The van der Waals surface area contributed by atoms with E-state index in [0.29, 0.717) is 18.0 Å². The molecule has 0 spiro atoms. The summed E-state index contributed by atoms with van der Waals surface area (Å²) in [5, 5.41) is 3.98. The summed E-state index contributed by atoms with van der Waals surface area (Å²) in [4.78, 5) is 11.3. The minimum atomic E-state index is -0.548. The monoisotopic (exact) mass is 200 g/mol. The Morgan fingerprint density at radius 3 is 3.00 bits per heavy atom. The Hall–Kier alpha value is -1.39. The zero-order valence-electron chi connectivity index (χ0n) is 8.29. The molecule has 14 heavy (non-hydrogen) atoms. The molecule has 0 fully saturated rings. The summed E-state index contributed by atoms with van der Waals surface area (Å²) in [6.07, 6.45) is 0. The van der Waals surface area contributed by atoms with E-state index in [0.717, 1.165) is 0 Å². The number of nitrogens with zero attached hydrogens (tertiary/aromatic N) is 2. The average molecular weight is 200 g/mol. The Balaban J connectivity index is 2.88. The minimum Gasteiger partial charge on any atom is -0.461 e. The lowest BCUT2D eigenvalue weighted by atomic mass is 10.4. The zero-order valence-corrected chi connectivity index (χ0v) is 8.29. The molecule has 0 aliphatic carbocycles. The summed E-state index contributed by atoms with van der Waals surface area (Å²) in [5.41, 5.74) is 0.989. The highest BCUT2D eigenvalue weighted by Crippen LogP contribution is 2.05. The van der Waals surface area contributed by atoms with Crippen LogP contribution in [0.3, 0.4) is 0 Å². The van der Waals surface area contributed by atoms with E-state index in [-0.39, 0.29) is 6.54 Å². The summed E-state index contributed by atoms with van der Waals surface area (Å²) in [6.45, 7) is 3.31. The van der Waals surface area contributed by atoms with E-state index < -0.39 is 12.6 Å². The molecule has 1 heterocycles. The molecule has 78 valence electrons. The van der Waals surface area contributed by atoms with Gasteiger partial charge in [-0.05, 0) is 19.9 Å². The van der Waals surface area contributed by atoms with Crippen LogP contribution in [0.5, 0.6) is 0 Å². The van der Waals surface area contributed by atoms with Gasteiger partial charge in [0.05, 0.1) is 18.8 Å². The predicted molar refractivity (Wildman–Crippen MR) is 48.9 cm³/mol. The molecule has 0 aliphatic rings. The first-order valence-corrected chi connectivity index (χ1v) is 4.46. The maximum atomic E-state index is 12.1. The number of carbonyl (C=O) groups excluding carboxylic acids is 1. The van der Waals surface area contributed by atoms with Gasteiger partial charge in [0, 0.05) is 0 Å². The summed E-state index contributed by atoms with van der Waals surface area (Å²) in [7, 11) is 0. The van der Waals surface area contributed by atoms with Crippen LogP contribution < -0.4 is 0 Å². The molecule has 0 aromatic carbocycles. The minimum absolute atomic E-state index is 0.0853. The van der Waals surface area contributed by atoms with E-state index in [9.17, 15) is 9.18 Å². The Labute approximate surface area is 81.7 Å².